The fourth-order valence-electron chi connectivity index (χ4n) is 2.40. The third-order valence-corrected chi connectivity index (χ3v) is 3.61. The molecular weight excluding hydrogens is 162 g/mol. The minimum atomic E-state index is -0.336. The van der Waals surface area contributed by atoms with Crippen LogP contribution in [0.5, 0.6) is 0 Å². The summed E-state index contributed by atoms with van der Waals surface area (Å²) in [7, 11) is 0. The Morgan fingerprint density at radius 1 is 1.08 bits per heavy atom. The van der Waals surface area contributed by atoms with E-state index in [4.69, 9.17) is 0 Å². The Balaban J connectivity index is 1.66. The van der Waals surface area contributed by atoms with Gasteiger partial charge in [-0.05, 0) is 32.1 Å². The fourth-order valence-corrected chi connectivity index (χ4v) is 2.40. The standard InChI is InChI=1S/C11H21NO/c13-11(7-4-8-11)9-12-10-5-2-1-3-6-10/h10,12-13H,1-9H2. The lowest BCUT2D eigenvalue weighted by molar-refractivity contribution is -0.0339. The van der Waals surface area contributed by atoms with E-state index < -0.39 is 0 Å². The largest absolute Gasteiger partial charge is 0.389 e. The SMILES string of the molecule is OC1(CNC2CCCCC2)CCC1. The molecular formula is C11H21NO. The van der Waals surface area contributed by atoms with Crippen LogP contribution in [0.25, 0.3) is 0 Å². The number of nitrogens with one attached hydrogen (secondary N) is 1. The van der Waals surface area contributed by atoms with Crippen molar-refractivity contribution in [3.05, 3.63) is 0 Å². The molecule has 0 unspecified atom stereocenters. The zero-order valence-electron chi connectivity index (χ0n) is 8.39. The summed E-state index contributed by atoms with van der Waals surface area (Å²) in [6, 6.07) is 0.693. The average molecular weight is 183 g/mol. The second-order valence-electron chi connectivity index (χ2n) is 4.79. The molecule has 0 aromatic heterocycles. The lowest BCUT2D eigenvalue weighted by Gasteiger charge is -2.38. The third-order valence-electron chi connectivity index (χ3n) is 3.61. The Morgan fingerprint density at radius 2 is 1.77 bits per heavy atom. The first-order chi connectivity index (χ1) is 6.29. The van der Waals surface area contributed by atoms with E-state index in [0.29, 0.717) is 6.04 Å². The van der Waals surface area contributed by atoms with Crippen molar-refractivity contribution in [2.24, 2.45) is 0 Å². The van der Waals surface area contributed by atoms with Gasteiger partial charge in [0.15, 0.2) is 0 Å². The molecule has 2 saturated carbocycles. The zero-order valence-corrected chi connectivity index (χ0v) is 8.39. The maximum atomic E-state index is 9.88. The van der Waals surface area contributed by atoms with E-state index in [9.17, 15) is 5.11 Å². The molecule has 2 aliphatic rings. The second kappa shape index (κ2) is 3.97. The normalized spacial score (nSPS) is 28.4. The van der Waals surface area contributed by atoms with Crippen LogP contribution in [0.15, 0.2) is 0 Å². The second-order valence-corrected chi connectivity index (χ2v) is 4.79. The predicted molar refractivity (Wildman–Crippen MR) is 53.7 cm³/mol. The molecule has 0 aliphatic heterocycles. The Morgan fingerprint density at radius 3 is 2.31 bits per heavy atom. The Bertz CT molecular complexity index is 159. The van der Waals surface area contributed by atoms with Gasteiger partial charge in [0.1, 0.15) is 0 Å². The summed E-state index contributed by atoms with van der Waals surface area (Å²) < 4.78 is 0. The summed E-state index contributed by atoms with van der Waals surface area (Å²) in [5.41, 5.74) is -0.336. The van der Waals surface area contributed by atoms with Crippen molar-refractivity contribution in [1.82, 2.24) is 5.32 Å². The van der Waals surface area contributed by atoms with E-state index in [-0.39, 0.29) is 5.60 Å². The molecule has 0 atom stereocenters. The van der Waals surface area contributed by atoms with Crippen molar-refractivity contribution in [2.45, 2.75) is 63.0 Å². The molecule has 2 N–H and O–H groups in total. The smallest absolute Gasteiger partial charge is 0.0771 e. The highest BCUT2D eigenvalue weighted by Gasteiger charge is 2.34. The van der Waals surface area contributed by atoms with Gasteiger partial charge < -0.3 is 10.4 Å². The minimum Gasteiger partial charge on any atom is -0.389 e. The van der Waals surface area contributed by atoms with Gasteiger partial charge in [-0.15, -0.1) is 0 Å². The van der Waals surface area contributed by atoms with Crippen molar-refractivity contribution in [3.8, 4) is 0 Å². The summed E-state index contributed by atoms with van der Waals surface area (Å²) in [5, 5.41) is 13.4. The molecule has 0 aromatic carbocycles. The molecule has 2 aliphatic carbocycles. The molecule has 0 spiro atoms. The van der Waals surface area contributed by atoms with Crippen molar-refractivity contribution in [1.29, 1.82) is 0 Å². The molecule has 2 fully saturated rings. The molecule has 0 radical (unpaired) electrons. The van der Waals surface area contributed by atoms with Gasteiger partial charge in [-0.1, -0.05) is 19.3 Å². The first kappa shape index (κ1) is 9.47. The van der Waals surface area contributed by atoms with Crippen LogP contribution < -0.4 is 5.32 Å². The van der Waals surface area contributed by atoms with E-state index >= 15 is 0 Å². The summed E-state index contributed by atoms with van der Waals surface area (Å²) in [6.07, 6.45) is 10.0. The predicted octanol–water partition coefficient (Wildman–Crippen LogP) is 1.82. The molecule has 2 nitrogen and oxygen atoms in total. The Kier molecular flexibility index (Phi) is 2.89. The third kappa shape index (κ3) is 2.44. The Hall–Kier alpha value is -0.0800. The van der Waals surface area contributed by atoms with Gasteiger partial charge in [0.2, 0.25) is 0 Å². The minimum absolute atomic E-state index is 0.336. The van der Waals surface area contributed by atoms with Gasteiger partial charge in [0.25, 0.3) is 0 Å². The van der Waals surface area contributed by atoms with Gasteiger partial charge in [-0.25, -0.2) is 0 Å². The van der Waals surface area contributed by atoms with Gasteiger partial charge in [-0.2, -0.15) is 0 Å². The van der Waals surface area contributed by atoms with Crippen LogP contribution >= 0.6 is 0 Å². The maximum absolute atomic E-state index is 9.88. The molecule has 76 valence electrons. The van der Waals surface area contributed by atoms with Crippen LogP contribution in [0.4, 0.5) is 0 Å². The summed E-state index contributed by atoms with van der Waals surface area (Å²) >= 11 is 0. The van der Waals surface area contributed by atoms with Gasteiger partial charge in [-0.3, -0.25) is 0 Å². The molecule has 13 heavy (non-hydrogen) atoms. The first-order valence-electron chi connectivity index (χ1n) is 5.74. The van der Waals surface area contributed by atoms with Crippen molar-refractivity contribution in [2.75, 3.05) is 6.54 Å². The van der Waals surface area contributed by atoms with E-state index in [1.807, 2.05) is 0 Å². The monoisotopic (exact) mass is 183 g/mol. The molecule has 0 heterocycles. The maximum Gasteiger partial charge on any atom is 0.0771 e. The molecule has 2 heteroatoms. The molecule has 0 saturated heterocycles. The lowest BCUT2D eigenvalue weighted by Crippen LogP contribution is -2.49. The first-order valence-corrected chi connectivity index (χ1v) is 5.74. The molecule has 0 bridgehead atoms. The topological polar surface area (TPSA) is 32.3 Å². The lowest BCUT2D eigenvalue weighted by atomic mass is 9.80. The average Bonchev–Trinajstić information content (AvgIpc) is 2.13. The Labute approximate surface area is 80.7 Å². The summed E-state index contributed by atoms with van der Waals surface area (Å²) in [6.45, 7) is 0.831. The number of rotatable bonds is 3. The van der Waals surface area contributed by atoms with Crippen molar-refractivity contribution in [3.63, 3.8) is 0 Å². The number of aliphatic hydroxyl groups is 1. The molecule has 0 aromatic rings. The van der Waals surface area contributed by atoms with Crippen LogP contribution in [0.2, 0.25) is 0 Å². The van der Waals surface area contributed by atoms with Crippen LogP contribution in [0, 0.1) is 0 Å². The van der Waals surface area contributed by atoms with Crippen LogP contribution in [-0.2, 0) is 0 Å². The van der Waals surface area contributed by atoms with E-state index in [1.54, 1.807) is 0 Å². The molecule has 2 rings (SSSR count). The highest BCUT2D eigenvalue weighted by molar-refractivity contribution is 4.90. The highest BCUT2D eigenvalue weighted by Crippen LogP contribution is 2.31. The van der Waals surface area contributed by atoms with Crippen LogP contribution in [0.3, 0.4) is 0 Å². The van der Waals surface area contributed by atoms with Gasteiger partial charge >= 0.3 is 0 Å². The quantitative estimate of drug-likeness (QED) is 0.699. The number of hydrogen-bond acceptors (Lipinski definition) is 2. The van der Waals surface area contributed by atoms with E-state index in [0.717, 1.165) is 19.4 Å². The van der Waals surface area contributed by atoms with Crippen LogP contribution in [-0.4, -0.2) is 23.3 Å². The van der Waals surface area contributed by atoms with Crippen LogP contribution in [0.1, 0.15) is 51.4 Å². The van der Waals surface area contributed by atoms with E-state index in [2.05, 4.69) is 5.32 Å². The summed E-state index contributed by atoms with van der Waals surface area (Å²) in [4.78, 5) is 0. The van der Waals surface area contributed by atoms with Crippen molar-refractivity contribution < 1.29 is 5.11 Å². The summed E-state index contributed by atoms with van der Waals surface area (Å²) in [5.74, 6) is 0. The zero-order chi connectivity index (χ0) is 9.15. The highest BCUT2D eigenvalue weighted by atomic mass is 16.3. The number of hydrogen-bond donors (Lipinski definition) is 2. The van der Waals surface area contributed by atoms with Gasteiger partial charge in [0.05, 0.1) is 5.60 Å². The fraction of sp³-hybridized carbons (Fsp3) is 1.00. The van der Waals surface area contributed by atoms with Gasteiger partial charge in [0, 0.05) is 12.6 Å². The van der Waals surface area contributed by atoms with Crippen molar-refractivity contribution >= 4 is 0 Å². The molecule has 0 amide bonds. The van der Waals surface area contributed by atoms with E-state index in [1.165, 1.54) is 38.5 Å².